The molecule has 134 valence electrons. The quantitative estimate of drug-likeness (QED) is 0.884. The Hall–Kier alpha value is -1.77. The van der Waals surface area contributed by atoms with Gasteiger partial charge in [-0.05, 0) is 38.8 Å². The van der Waals surface area contributed by atoms with Gasteiger partial charge in [0.25, 0.3) is 5.91 Å². The molecule has 0 aliphatic carbocycles. The van der Waals surface area contributed by atoms with Crippen LogP contribution < -0.4 is 5.32 Å². The van der Waals surface area contributed by atoms with Crippen LogP contribution in [0.2, 0.25) is 0 Å². The van der Waals surface area contributed by atoms with E-state index in [0.717, 1.165) is 11.3 Å². The van der Waals surface area contributed by atoms with Crippen molar-refractivity contribution in [3.8, 4) is 0 Å². The van der Waals surface area contributed by atoms with E-state index in [2.05, 4.69) is 10.3 Å². The van der Waals surface area contributed by atoms with E-state index >= 15 is 0 Å². The van der Waals surface area contributed by atoms with Gasteiger partial charge in [0.15, 0.2) is 0 Å². The summed E-state index contributed by atoms with van der Waals surface area (Å²) in [5.74, 6) is -0.125. The second-order valence-corrected chi connectivity index (χ2v) is 9.02. The largest absolute Gasteiger partial charge is 0.348 e. The number of amides is 1. The van der Waals surface area contributed by atoms with Crippen molar-refractivity contribution in [2.24, 2.45) is 0 Å². The SMILES string of the molecule is Cc1ccc(S(=O)(=O)N2CCC(NC(=O)c3scnc3C)CC2)cc1. The molecule has 0 bridgehead atoms. The Morgan fingerprint density at radius 2 is 1.84 bits per heavy atom. The van der Waals surface area contributed by atoms with Crippen molar-refractivity contribution in [3.63, 3.8) is 0 Å². The highest BCUT2D eigenvalue weighted by molar-refractivity contribution is 7.89. The standard InChI is InChI=1S/C17H21N3O3S2/c1-12-3-5-15(6-4-12)25(22,23)20-9-7-14(8-10-20)19-17(21)16-13(2)18-11-24-16/h3-6,11,14H,7-10H2,1-2H3,(H,19,21). The number of benzene rings is 1. The molecule has 0 radical (unpaired) electrons. The van der Waals surface area contributed by atoms with Gasteiger partial charge in [-0.25, -0.2) is 13.4 Å². The van der Waals surface area contributed by atoms with E-state index in [1.54, 1.807) is 29.8 Å². The third kappa shape index (κ3) is 3.91. The fourth-order valence-electron chi connectivity index (χ4n) is 2.87. The number of nitrogens with zero attached hydrogens (tertiary/aromatic N) is 2. The Morgan fingerprint density at radius 3 is 2.40 bits per heavy atom. The molecular formula is C17H21N3O3S2. The molecule has 2 aromatic rings. The van der Waals surface area contributed by atoms with E-state index in [4.69, 9.17) is 0 Å². The number of thiazole rings is 1. The first-order valence-electron chi connectivity index (χ1n) is 8.15. The van der Waals surface area contributed by atoms with Gasteiger partial charge in [0.1, 0.15) is 4.88 Å². The summed E-state index contributed by atoms with van der Waals surface area (Å²) in [6.07, 6.45) is 1.21. The lowest BCUT2D eigenvalue weighted by Crippen LogP contribution is -2.46. The molecule has 1 aromatic heterocycles. The molecule has 0 spiro atoms. The van der Waals surface area contributed by atoms with E-state index < -0.39 is 10.0 Å². The van der Waals surface area contributed by atoms with Gasteiger partial charge < -0.3 is 5.32 Å². The second-order valence-electron chi connectivity index (χ2n) is 6.23. The first kappa shape index (κ1) is 18.0. The zero-order valence-corrected chi connectivity index (χ0v) is 15.9. The number of sulfonamides is 1. The monoisotopic (exact) mass is 379 g/mol. The van der Waals surface area contributed by atoms with Gasteiger partial charge in [-0.15, -0.1) is 11.3 Å². The molecule has 0 saturated carbocycles. The second kappa shape index (κ2) is 7.23. The van der Waals surface area contributed by atoms with E-state index in [1.807, 2.05) is 13.8 Å². The van der Waals surface area contributed by atoms with Gasteiger partial charge in [-0.3, -0.25) is 4.79 Å². The Kier molecular flexibility index (Phi) is 5.21. The van der Waals surface area contributed by atoms with Crippen LogP contribution in [-0.2, 0) is 10.0 Å². The summed E-state index contributed by atoms with van der Waals surface area (Å²) in [6, 6.07) is 6.88. The molecule has 1 N–H and O–H groups in total. The number of nitrogens with one attached hydrogen (secondary N) is 1. The van der Waals surface area contributed by atoms with Gasteiger partial charge in [0.05, 0.1) is 16.1 Å². The fraction of sp³-hybridized carbons (Fsp3) is 0.412. The highest BCUT2D eigenvalue weighted by Crippen LogP contribution is 2.22. The zero-order valence-electron chi connectivity index (χ0n) is 14.2. The lowest BCUT2D eigenvalue weighted by atomic mass is 10.1. The van der Waals surface area contributed by atoms with Crippen molar-refractivity contribution in [2.45, 2.75) is 37.6 Å². The number of carbonyl (C=O) groups is 1. The molecule has 0 atom stereocenters. The molecule has 3 rings (SSSR count). The van der Waals surface area contributed by atoms with Crippen LogP contribution in [0.25, 0.3) is 0 Å². The predicted octanol–water partition coefficient (Wildman–Crippen LogP) is 2.34. The minimum Gasteiger partial charge on any atom is -0.348 e. The number of hydrogen-bond acceptors (Lipinski definition) is 5. The Balaban J connectivity index is 1.61. The maximum Gasteiger partial charge on any atom is 0.263 e. The summed E-state index contributed by atoms with van der Waals surface area (Å²) < 4.78 is 26.9. The summed E-state index contributed by atoms with van der Waals surface area (Å²) in [7, 11) is -3.47. The summed E-state index contributed by atoms with van der Waals surface area (Å²) in [5, 5.41) is 2.99. The summed E-state index contributed by atoms with van der Waals surface area (Å²) in [5.41, 5.74) is 3.40. The van der Waals surface area contributed by atoms with Crippen LogP contribution in [0.15, 0.2) is 34.7 Å². The number of hydrogen-bond donors (Lipinski definition) is 1. The molecule has 1 fully saturated rings. The molecule has 0 unspecified atom stereocenters. The zero-order chi connectivity index (χ0) is 18.0. The normalized spacial score (nSPS) is 16.7. The number of aromatic nitrogens is 1. The number of aryl methyl sites for hydroxylation is 2. The Morgan fingerprint density at radius 1 is 1.20 bits per heavy atom. The molecule has 1 aliphatic heterocycles. The highest BCUT2D eigenvalue weighted by atomic mass is 32.2. The average molecular weight is 380 g/mol. The smallest absolute Gasteiger partial charge is 0.263 e. The summed E-state index contributed by atoms with van der Waals surface area (Å²) >= 11 is 1.32. The molecular weight excluding hydrogens is 358 g/mol. The van der Waals surface area contributed by atoms with Crippen LogP contribution in [0.1, 0.15) is 33.8 Å². The minimum absolute atomic E-state index is 0.0153. The van der Waals surface area contributed by atoms with Crippen molar-refractivity contribution < 1.29 is 13.2 Å². The van der Waals surface area contributed by atoms with Crippen LogP contribution in [0, 0.1) is 13.8 Å². The molecule has 1 aliphatic rings. The third-order valence-corrected chi connectivity index (χ3v) is 7.24. The molecule has 8 heteroatoms. The van der Waals surface area contributed by atoms with Crippen molar-refractivity contribution >= 4 is 27.3 Å². The van der Waals surface area contributed by atoms with Crippen LogP contribution >= 0.6 is 11.3 Å². The Labute approximate surface area is 151 Å². The molecule has 6 nitrogen and oxygen atoms in total. The molecule has 1 amide bonds. The maximum absolute atomic E-state index is 12.7. The van der Waals surface area contributed by atoms with E-state index in [-0.39, 0.29) is 11.9 Å². The topological polar surface area (TPSA) is 79.4 Å². The van der Waals surface area contributed by atoms with Crippen LogP contribution in [0.3, 0.4) is 0 Å². The first-order valence-corrected chi connectivity index (χ1v) is 10.5. The van der Waals surface area contributed by atoms with Crippen molar-refractivity contribution in [2.75, 3.05) is 13.1 Å². The van der Waals surface area contributed by atoms with Crippen LogP contribution in [0.4, 0.5) is 0 Å². The van der Waals surface area contributed by atoms with Crippen molar-refractivity contribution in [1.82, 2.24) is 14.6 Å². The van der Waals surface area contributed by atoms with Gasteiger partial charge in [-0.1, -0.05) is 17.7 Å². The van der Waals surface area contributed by atoms with Gasteiger partial charge in [-0.2, -0.15) is 4.31 Å². The van der Waals surface area contributed by atoms with Gasteiger partial charge in [0, 0.05) is 19.1 Å². The number of rotatable bonds is 4. The average Bonchev–Trinajstić information content (AvgIpc) is 3.02. The third-order valence-electron chi connectivity index (χ3n) is 4.40. The molecule has 1 saturated heterocycles. The van der Waals surface area contributed by atoms with Crippen molar-refractivity contribution in [1.29, 1.82) is 0 Å². The highest BCUT2D eigenvalue weighted by Gasteiger charge is 2.30. The van der Waals surface area contributed by atoms with E-state index in [9.17, 15) is 13.2 Å². The molecule has 1 aromatic carbocycles. The summed E-state index contributed by atoms with van der Waals surface area (Å²) in [6.45, 7) is 4.54. The van der Waals surface area contributed by atoms with Crippen LogP contribution in [0.5, 0.6) is 0 Å². The number of piperidine rings is 1. The number of carbonyl (C=O) groups excluding carboxylic acids is 1. The molecule has 2 heterocycles. The minimum atomic E-state index is -3.47. The Bertz CT molecular complexity index is 852. The van der Waals surface area contributed by atoms with Crippen LogP contribution in [-0.4, -0.2) is 42.7 Å². The van der Waals surface area contributed by atoms with Gasteiger partial charge >= 0.3 is 0 Å². The van der Waals surface area contributed by atoms with Gasteiger partial charge in [0.2, 0.25) is 10.0 Å². The summed E-state index contributed by atoms with van der Waals surface area (Å²) in [4.78, 5) is 17.3. The fourth-order valence-corrected chi connectivity index (χ4v) is 5.05. The van der Waals surface area contributed by atoms with E-state index in [0.29, 0.717) is 35.7 Å². The first-order chi connectivity index (χ1) is 11.9. The molecule has 25 heavy (non-hydrogen) atoms. The lowest BCUT2D eigenvalue weighted by molar-refractivity contribution is 0.0927. The predicted molar refractivity (Wildman–Crippen MR) is 97.3 cm³/mol. The van der Waals surface area contributed by atoms with E-state index in [1.165, 1.54) is 15.6 Å². The maximum atomic E-state index is 12.7. The van der Waals surface area contributed by atoms with Crippen molar-refractivity contribution in [3.05, 3.63) is 45.9 Å². The lowest BCUT2D eigenvalue weighted by Gasteiger charge is -2.31.